The van der Waals surface area contributed by atoms with Gasteiger partial charge in [-0.1, -0.05) is 0 Å². The summed E-state index contributed by atoms with van der Waals surface area (Å²) in [6.07, 6.45) is 2.72. The first-order valence-electron chi connectivity index (χ1n) is 4.31. The van der Waals surface area contributed by atoms with Gasteiger partial charge in [0.15, 0.2) is 0 Å². The van der Waals surface area contributed by atoms with Gasteiger partial charge in [0, 0.05) is 12.4 Å². The minimum absolute atomic E-state index is 0.153. The molecule has 0 atom stereocenters. The largest absolute Gasteiger partial charge is 0.477 e. The van der Waals surface area contributed by atoms with Crippen molar-refractivity contribution in [2.45, 2.75) is 6.92 Å². The van der Waals surface area contributed by atoms with Gasteiger partial charge < -0.3 is 10.1 Å². The predicted octanol–water partition coefficient (Wildman–Crippen LogP) is 0.930. The fourth-order valence-corrected chi connectivity index (χ4v) is 1.36. The number of carboxylic acids is 1. The topological polar surface area (TPSA) is 83.1 Å². The van der Waals surface area contributed by atoms with Crippen molar-refractivity contribution in [3.05, 3.63) is 39.8 Å². The molecular formula is C10H8N2O3. The minimum atomic E-state index is -1.25. The summed E-state index contributed by atoms with van der Waals surface area (Å²) in [5.41, 5.74) is 0.752. The van der Waals surface area contributed by atoms with E-state index < -0.39 is 11.4 Å². The van der Waals surface area contributed by atoms with Crippen LogP contribution >= 0.6 is 0 Å². The number of aromatic amines is 1. The van der Waals surface area contributed by atoms with E-state index >= 15 is 0 Å². The normalized spacial score (nSPS) is 10.5. The number of aromatic carboxylic acids is 1. The number of fused-ring (bicyclic) bond motifs is 1. The molecule has 5 heteroatoms. The Kier molecular flexibility index (Phi) is 2.00. The third kappa shape index (κ3) is 1.48. The zero-order valence-corrected chi connectivity index (χ0v) is 7.94. The summed E-state index contributed by atoms with van der Waals surface area (Å²) in [4.78, 5) is 29.0. The molecule has 76 valence electrons. The van der Waals surface area contributed by atoms with E-state index in [1.165, 1.54) is 12.4 Å². The Morgan fingerprint density at radius 2 is 2.27 bits per heavy atom. The van der Waals surface area contributed by atoms with Crippen LogP contribution in [0.25, 0.3) is 11.0 Å². The van der Waals surface area contributed by atoms with Gasteiger partial charge in [0.2, 0.25) is 5.43 Å². The molecule has 0 saturated carbocycles. The van der Waals surface area contributed by atoms with Gasteiger partial charge >= 0.3 is 5.97 Å². The zero-order valence-electron chi connectivity index (χ0n) is 7.94. The molecule has 2 rings (SSSR count). The number of H-pyrrole nitrogens is 1. The summed E-state index contributed by atoms with van der Waals surface area (Å²) in [5, 5.41) is 8.73. The molecule has 2 aromatic heterocycles. The average molecular weight is 204 g/mol. The van der Waals surface area contributed by atoms with Gasteiger partial charge in [-0.3, -0.25) is 9.78 Å². The molecule has 2 N–H and O–H groups in total. The Hall–Kier alpha value is -2.17. The Morgan fingerprint density at radius 1 is 1.53 bits per heavy atom. The first kappa shape index (κ1) is 9.39. The number of aryl methyl sites for hydroxylation is 1. The number of aromatic nitrogens is 2. The van der Waals surface area contributed by atoms with Crippen molar-refractivity contribution in [3.63, 3.8) is 0 Å². The van der Waals surface area contributed by atoms with Gasteiger partial charge in [0.25, 0.3) is 0 Å². The summed E-state index contributed by atoms with van der Waals surface area (Å²) < 4.78 is 0. The van der Waals surface area contributed by atoms with Crippen LogP contribution < -0.4 is 5.43 Å². The highest BCUT2D eigenvalue weighted by atomic mass is 16.4. The lowest BCUT2D eigenvalue weighted by atomic mass is 10.2. The van der Waals surface area contributed by atoms with Crippen LogP contribution in [-0.4, -0.2) is 21.0 Å². The van der Waals surface area contributed by atoms with E-state index in [2.05, 4.69) is 9.97 Å². The number of nitrogens with one attached hydrogen (secondary N) is 1. The number of carboxylic acid groups (broad SMARTS) is 1. The van der Waals surface area contributed by atoms with Gasteiger partial charge in [0.1, 0.15) is 11.1 Å². The maximum absolute atomic E-state index is 11.6. The van der Waals surface area contributed by atoms with Gasteiger partial charge in [0.05, 0.1) is 5.52 Å². The van der Waals surface area contributed by atoms with Crippen molar-refractivity contribution in [1.29, 1.82) is 0 Å². The summed E-state index contributed by atoms with van der Waals surface area (Å²) >= 11 is 0. The van der Waals surface area contributed by atoms with Crippen LogP contribution in [0.4, 0.5) is 0 Å². The third-order valence-electron chi connectivity index (χ3n) is 2.09. The molecule has 0 aromatic carbocycles. The molecule has 0 saturated heterocycles. The van der Waals surface area contributed by atoms with E-state index in [0.717, 1.165) is 5.56 Å². The fourth-order valence-electron chi connectivity index (χ4n) is 1.36. The molecule has 0 aliphatic rings. The van der Waals surface area contributed by atoms with Crippen molar-refractivity contribution >= 4 is 17.0 Å². The van der Waals surface area contributed by atoms with Crippen LogP contribution in [0.5, 0.6) is 0 Å². The third-order valence-corrected chi connectivity index (χ3v) is 2.09. The molecular weight excluding hydrogens is 196 g/mol. The van der Waals surface area contributed by atoms with E-state index in [1.807, 2.05) is 6.92 Å². The van der Waals surface area contributed by atoms with Gasteiger partial charge in [-0.25, -0.2) is 4.79 Å². The lowest BCUT2D eigenvalue weighted by Crippen LogP contribution is -2.16. The maximum atomic E-state index is 11.6. The van der Waals surface area contributed by atoms with Crippen molar-refractivity contribution in [3.8, 4) is 0 Å². The molecule has 2 aromatic rings. The van der Waals surface area contributed by atoms with Crippen LogP contribution in [0.1, 0.15) is 15.9 Å². The average Bonchev–Trinajstić information content (AvgIpc) is 2.17. The van der Waals surface area contributed by atoms with Crippen molar-refractivity contribution in [2.75, 3.05) is 0 Å². The Morgan fingerprint density at radius 3 is 2.93 bits per heavy atom. The molecule has 0 aliphatic carbocycles. The van der Waals surface area contributed by atoms with Crippen molar-refractivity contribution in [1.82, 2.24) is 9.97 Å². The molecule has 0 fully saturated rings. The van der Waals surface area contributed by atoms with E-state index in [0.29, 0.717) is 5.52 Å². The first-order chi connectivity index (χ1) is 7.09. The lowest BCUT2D eigenvalue weighted by Gasteiger charge is -1.99. The minimum Gasteiger partial charge on any atom is -0.477 e. The predicted molar refractivity (Wildman–Crippen MR) is 54.1 cm³/mol. The highest BCUT2D eigenvalue weighted by Gasteiger charge is 2.11. The smallest absolute Gasteiger partial charge is 0.341 e. The van der Waals surface area contributed by atoms with Gasteiger partial charge in [-0.2, -0.15) is 0 Å². The van der Waals surface area contributed by atoms with E-state index in [1.54, 1.807) is 6.07 Å². The first-order valence-corrected chi connectivity index (χ1v) is 4.31. The molecule has 15 heavy (non-hydrogen) atoms. The van der Waals surface area contributed by atoms with Crippen molar-refractivity contribution in [2.24, 2.45) is 0 Å². The number of carbonyl (C=O) groups is 1. The summed E-state index contributed by atoms with van der Waals surface area (Å²) in [7, 11) is 0. The highest BCUT2D eigenvalue weighted by Crippen LogP contribution is 2.07. The summed E-state index contributed by atoms with van der Waals surface area (Å²) in [6.45, 7) is 1.84. The number of hydrogen-bond donors (Lipinski definition) is 2. The highest BCUT2D eigenvalue weighted by molar-refractivity contribution is 5.91. The van der Waals surface area contributed by atoms with Gasteiger partial charge in [-0.05, 0) is 18.6 Å². The van der Waals surface area contributed by atoms with Crippen LogP contribution in [-0.2, 0) is 0 Å². The van der Waals surface area contributed by atoms with Crippen LogP contribution in [0, 0.1) is 6.92 Å². The van der Waals surface area contributed by atoms with Crippen LogP contribution in [0.15, 0.2) is 23.3 Å². The Balaban J connectivity index is 2.86. The number of pyridine rings is 2. The second-order valence-electron chi connectivity index (χ2n) is 3.25. The van der Waals surface area contributed by atoms with E-state index in [4.69, 9.17) is 5.11 Å². The summed E-state index contributed by atoms with van der Waals surface area (Å²) in [5.74, 6) is -1.25. The standard InChI is InChI=1S/C10H8N2O3/c1-5-2-7-8(12-3-5)9(13)6(4-11-7)10(14)15/h2-4H,1H3,(H,11,13)(H,14,15). The molecule has 0 amide bonds. The number of hydrogen-bond acceptors (Lipinski definition) is 3. The second-order valence-corrected chi connectivity index (χ2v) is 3.25. The fraction of sp³-hybridized carbons (Fsp3) is 0.100. The molecule has 0 spiro atoms. The van der Waals surface area contributed by atoms with Crippen molar-refractivity contribution < 1.29 is 9.90 Å². The van der Waals surface area contributed by atoms with Crippen LogP contribution in [0.2, 0.25) is 0 Å². The molecule has 0 aliphatic heterocycles. The lowest BCUT2D eigenvalue weighted by molar-refractivity contribution is 0.0695. The molecule has 0 radical (unpaired) electrons. The van der Waals surface area contributed by atoms with Gasteiger partial charge in [-0.15, -0.1) is 0 Å². The molecule has 2 heterocycles. The second kappa shape index (κ2) is 3.20. The number of nitrogens with zero attached hydrogens (tertiary/aromatic N) is 1. The number of rotatable bonds is 1. The maximum Gasteiger partial charge on any atom is 0.341 e. The van der Waals surface area contributed by atoms with Crippen LogP contribution in [0.3, 0.4) is 0 Å². The van der Waals surface area contributed by atoms with E-state index in [-0.39, 0.29) is 11.1 Å². The monoisotopic (exact) mass is 204 g/mol. The quantitative estimate of drug-likeness (QED) is 0.723. The molecule has 0 unspecified atom stereocenters. The summed E-state index contributed by atoms with van der Waals surface area (Å²) in [6, 6.07) is 1.75. The van der Waals surface area contributed by atoms with E-state index in [9.17, 15) is 9.59 Å². The molecule has 0 bridgehead atoms. The Labute approximate surface area is 84.4 Å². The molecule has 5 nitrogen and oxygen atoms in total. The Bertz CT molecular complexity index is 601. The SMILES string of the molecule is Cc1cnc2c(=O)c(C(=O)O)c[nH]c2c1. The zero-order chi connectivity index (χ0) is 11.0.